The number of likely N-dealkylation sites (N-methyl/N-ethyl adjacent to an activating group) is 2. The minimum Gasteiger partial charge on any atom is -0.302 e. The Bertz CT molecular complexity index is 974. The van der Waals surface area contributed by atoms with Gasteiger partial charge in [-0.2, -0.15) is 0 Å². The summed E-state index contributed by atoms with van der Waals surface area (Å²) in [5.41, 5.74) is 1.93. The molecule has 184 valence electrons. The summed E-state index contributed by atoms with van der Waals surface area (Å²) in [5, 5.41) is 0. The molecule has 0 spiro atoms. The van der Waals surface area contributed by atoms with E-state index in [0.29, 0.717) is 48.4 Å². The van der Waals surface area contributed by atoms with Gasteiger partial charge in [-0.3, -0.25) is 29.0 Å². The highest BCUT2D eigenvalue weighted by atomic mass is 16.2. The lowest BCUT2D eigenvalue weighted by Gasteiger charge is -2.26. The van der Waals surface area contributed by atoms with Crippen LogP contribution in [0.15, 0.2) is 48.5 Å². The summed E-state index contributed by atoms with van der Waals surface area (Å²) in [6.07, 6.45) is 0.909. The van der Waals surface area contributed by atoms with Gasteiger partial charge < -0.3 is 9.80 Å². The maximum atomic E-state index is 12.6. The SMILES string of the molecule is CCN(CCCN(CC)CCN1C(=O)c2ccccc2C1=O)CCN1C(=O)c2ccccc2C1=O. The Morgan fingerprint density at radius 2 is 0.857 bits per heavy atom. The third-order valence-corrected chi connectivity index (χ3v) is 6.88. The molecular formula is C27H32N4O4. The first kappa shape index (κ1) is 24.8. The molecule has 0 saturated carbocycles. The van der Waals surface area contributed by atoms with Crippen LogP contribution in [-0.2, 0) is 0 Å². The number of imide groups is 2. The Kier molecular flexibility index (Phi) is 7.73. The van der Waals surface area contributed by atoms with Crippen LogP contribution in [0.3, 0.4) is 0 Å². The predicted octanol–water partition coefficient (Wildman–Crippen LogP) is 2.61. The number of rotatable bonds is 12. The lowest BCUT2D eigenvalue weighted by molar-refractivity contribution is 0.0626. The number of nitrogens with zero attached hydrogens (tertiary/aromatic N) is 4. The molecule has 0 unspecified atom stereocenters. The summed E-state index contributed by atoms with van der Waals surface area (Å²) < 4.78 is 0. The van der Waals surface area contributed by atoms with E-state index < -0.39 is 0 Å². The van der Waals surface area contributed by atoms with E-state index in [1.54, 1.807) is 48.5 Å². The third-order valence-electron chi connectivity index (χ3n) is 6.88. The Morgan fingerprint density at radius 1 is 0.543 bits per heavy atom. The first-order valence-electron chi connectivity index (χ1n) is 12.3. The topological polar surface area (TPSA) is 81.2 Å². The highest BCUT2D eigenvalue weighted by Gasteiger charge is 2.36. The molecule has 2 aromatic carbocycles. The second-order valence-electron chi connectivity index (χ2n) is 8.84. The van der Waals surface area contributed by atoms with Gasteiger partial charge >= 0.3 is 0 Å². The smallest absolute Gasteiger partial charge is 0.261 e. The molecule has 0 saturated heterocycles. The highest BCUT2D eigenvalue weighted by molar-refractivity contribution is 6.22. The summed E-state index contributed by atoms with van der Waals surface area (Å²) in [5.74, 6) is -0.863. The largest absolute Gasteiger partial charge is 0.302 e. The molecule has 0 bridgehead atoms. The van der Waals surface area contributed by atoms with Crippen LogP contribution in [0.1, 0.15) is 61.7 Å². The van der Waals surface area contributed by atoms with E-state index in [-0.39, 0.29) is 23.6 Å². The number of hydrogen-bond donors (Lipinski definition) is 0. The van der Waals surface area contributed by atoms with E-state index in [9.17, 15) is 19.2 Å². The van der Waals surface area contributed by atoms with Crippen molar-refractivity contribution in [2.24, 2.45) is 0 Å². The molecule has 0 radical (unpaired) electrons. The van der Waals surface area contributed by atoms with E-state index in [1.807, 2.05) is 0 Å². The summed E-state index contributed by atoms with van der Waals surface area (Å²) in [4.78, 5) is 57.5. The lowest BCUT2D eigenvalue weighted by atomic mass is 10.1. The van der Waals surface area contributed by atoms with Crippen molar-refractivity contribution < 1.29 is 19.2 Å². The van der Waals surface area contributed by atoms with Crippen LogP contribution in [0.2, 0.25) is 0 Å². The van der Waals surface area contributed by atoms with Crippen molar-refractivity contribution in [1.29, 1.82) is 0 Å². The van der Waals surface area contributed by atoms with E-state index in [4.69, 9.17) is 0 Å². The van der Waals surface area contributed by atoms with Crippen molar-refractivity contribution >= 4 is 23.6 Å². The third kappa shape index (κ3) is 5.04. The lowest BCUT2D eigenvalue weighted by Crippen LogP contribution is -2.40. The zero-order chi connectivity index (χ0) is 24.9. The molecule has 0 fully saturated rings. The van der Waals surface area contributed by atoms with Crippen LogP contribution in [0.5, 0.6) is 0 Å². The molecular weight excluding hydrogens is 444 g/mol. The average Bonchev–Trinajstić information content (AvgIpc) is 3.28. The molecule has 2 aromatic rings. The quantitative estimate of drug-likeness (QED) is 0.438. The molecule has 8 nitrogen and oxygen atoms in total. The normalized spacial score (nSPS) is 15.1. The fourth-order valence-corrected chi connectivity index (χ4v) is 4.74. The maximum absolute atomic E-state index is 12.6. The van der Waals surface area contributed by atoms with E-state index >= 15 is 0 Å². The molecule has 2 aliphatic heterocycles. The summed E-state index contributed by atoms with van der Waals surface area (Å²) in [6.45, 7) is 9.46. The van der Waals surface area contributed by atoms with Crippen LogP contribution in [0, 0.1) is 0 Å². The van der Waals surface area contributed by atoms with Crippen LogP contribution in [0.4, 0.5) is 0 Å². The molecule has 2 heterocycles. The van der Waals surface area contributed by atoms with E-state index in [0.717, 1.165) is 32.6 Å². The van der Waals surface area contributed by atoms with E-state index in [2.05, 4.69) is 23.6 Å². The second-order valence-corrected chi connectivity index (χ2v) is 8.84. The van der Waals surface area contributed by atoms with Gasteiger partial charge in [0, 0.05) is 26.2 Å². The van der Waals surface area contributed by atoms with Crippen LogP contribution in [0.25, 0.3) is 0 Å². The zero-order valence-corrected chi connectivity index (χ0v) is 20.4. The van der Waals surface area contributed by atoms with Gasteiger partial charge in [-0.25, -0.2) is 0 Å². The fourth-order valence-electron chi connectivity index (χ4n) is 4.74. The van der Waals surface area contributed by atoms with Crippen molar-refractivity contribution in [3.05, 3.63) is 70.8 Å². The molecule has 0 N–H and O–H groups in total. The number of hydrogen-bond acceptors (Lipinski definition) is 6. The summed E-state index contributed by atoms with van der Waals surface area (Å²) in [6, 6.07) is 13.9. The van der Waals surface area contributed by atoms with Gasteiger partial charge in [0.05, 0.1) is 22.3 Å². The van der Waals surface area contributed by atoms with Gasteiger partial charge in [0.25, 0.3) is 23.6 Å². The number of benzene rings is 2. The molecule has 0 aliphatic carbocycles. The Hall–Kier alpha value is -3.36. The maximum Gasteiger partial charge on any atom is 0.261 e. The highest BCUT2D eigenvalue weighted by Crippen LogP contribution is 2.23. The van der Waals surface area contributed by atoms with Gasteiger partial charge in [0.1, 0.15) is 0 Å². The molecule has 4 rings (SSSR count). The molecule has 35 heavy (non-hydrogen) atoms. The van der Waals surface area contributed by atoms with E-state index in [1.165, 1.54) is 9.80 Å². The van der Waals surface area contributed by atoms with Gasteiger partial charge in [-0.15, -0.1) is 0 Å². The van der Waals surface area contributed by atoms with Crippen molar-refractivity contribution in [2.75, 3.05) is 52.4 Å². The minimum absolute atomic E-state index is 0.216. The van der Waals surface area contributed by atoms with Crippen LogP contribution in [-0.4, -0.2) is 95.6 Å². The van der Waals surface area contributed by atoms with Gasteiger partial charge in [-0.05, 0) is 56.9 Å². The average molecular weight is 477 g/mol. The van der Waals surface area contributed by atoms with Gasteiger partial charge in [-0.1, -0.05) is 38.1 Å². The zero-order valence-electron chi connectivity index (χ0n) is 20.4. The second kappa shape index (κ2) is 10.9. The Labute approximate surface area is 206 Å². The van der Waals surface area contributed by atoms with Crippen molar-refractivity contribution in [1.82, 2.24) is 19.6 Å². The Balaban J connectivity index is 1.22. The predicted molar refractivity (Wildman–Crippen MR) is 132 cm³/mol. The summed E-state index contributed by atoms with van der Waals surface area (Å²) in [7, 11) is 0. The monoisotopic (exact) mass is 476 g/mol. The number of carbonyl (C=O) groups excluding carboxylic acids is 4. The Morgan fingerprint density at radius 3 is 1.14 bits per heavy atom. The molecule has 0 aromatic heterocycles. The van der Waals surface area contributed by atoms with Crippen LogP contribution >= 0.6 is 0 Å². The van der Waals surface area contributed by atoms with Crippen molar-refractivity contribution in [3.8, 4) is 0 Å². The molecule has 0 atom stereocenters. The van der Waals surface area contributed by atoms with Crippen LogP contribution < -0.4 is 0 Å². The van der Waals surface area contributed by atoms with Crippen molar-refractivity contribution in [2.45, 2.75) is 20.3 Å². The molecule has 8 heteroatoms. The number of fused-ring (bicyclic) bond motifs is 2. The molecule has 4 amide bonds. The first-order valence-corrected chi connectivity index (χ1v) is 12.3. The number of carbonyl (C=O) groups is 4. The standard InChI is InChI=1S/C27H32N4O4/c1-3-28(16-18-30-24(32)20-10-5-6-11-21(20)25(30)33)14-9-15-29(4-2)17-19-31-26(34)22-12-7-8-13-23(22)27(31)35/h5-8,10-13H,3-4,9,14-19H2,1-2H3. The summed E-state index contributed by atoms with van der Waals surface area (Å²) >= 11 is 0. The number of amides is 4. The van der Waals surface area contributed by atoms with Gasteiger partial charge in [0.15, 0.2) is 0 Å². The first-order chi connectivity index (χ1) is 17.0. The van der Waals surface area contributed by atoms with Gasteiger partial charge in [0.2, 0.25) is 0 Å². The molecule has 2 aliphatic rings. The fraction of sp³-hybridized carbons (Fsp3) is 0.407. The van der Waals surface area contributed by atoms with Crippen molar-refractivity contribution in [3.63, 3.8) is 0 Å². The minimum atomic E-state index is -0.216.